The average Bonchev–Trinajstić information content (AvgIpc) is 1.76. The zero-order valence-corrected chi connectivity index (χ0v) is 8.16. The van der Waals surface area contributed by atoms with E-state index in [4.69, 9.17) is 4.89 Å². The van der Waals surface area contributed by atoms with E-state index in [0.717, 1.165) is 0 Å². The fourth-order valence-corrected chi connectivity index (χ4v) is 2.71. The molecule has 0 aliphatic carbocycles. The topological polar surface area (TPSA) is 83.5 Å². The number of alkyl halides is 3. The Kier molecular flexibility index (Phi) is 4.08. The van der Waals surface area contributed by atoms with Crippen molar-refractivity contribution in [2.45, 2.75) is 12.6 Å². The molecule has 0 aliphatic rings. The molecule has 1 unspecified atom stereocenters. The van der Waals surface area contributed by atoms with Gasteiger partial charge in [0.15, 0.2) is 0 Å². The first kappa shape index (κ1) is 13.8. The second-order valence-electron chi connectivity index (χ2n) is 2.28. The predicted molar refractivity (Wildman–Crippen MR) is 38.5 cm³/mol. The van der Waals surface area contributed by atoms with E-state index >= 15 is 0 Å². The minimum Gasteiger partial charge on any atom is -0.309 e. The van der Waals surface area contributed by atoms with Gasteiger partial charge in [-0.1, -0.05) is 0 Å². The lowest BCUT2D eigenvalue weighted by atomic mass is 10.5. The van der Waals surface area contributed by atoms with Crippen LogP contribution in [0.15, 0.2) is 0 Å². The van der Waals surface area contributed by atoms with Gasteiger partial charge in [0.2, 0.25) is 10.0 Å². The van der Waals surface area contributed by atoms with Crippen molar-refractivity contribution >= 4 is 17.9 Å². The van der Waals surface area contributed by atoms with Crippen LogP contribution in [-0.4, -0.2) is 25.2 Å². The van der Waals surface area contributed by atoms with Crippen LogP contribution in [0.4, 0.5) is 17.4 Å². The van der Waals surface area contributed by atoms with Crippen LogP contribution in [0.3, 0.4) is 0 Å². The van der Waals surface area contributed by atoms with Crippen LogP contribution in [0.25, 0.3) is 0 Å². The molecule has 0 radical (unpaired) electrons. The molecular formula is C3H6F4NO4PS. The third kappa shape index (κ3) is 8.42. The summed E-state index contributed by atoms with van der Waals surface area (Å²) in [4.78, 5) is 7.90. The van der Waals surface area contributed by atoms with Gasteiger partial charge in [-0.05, 0) is 0 Å². The first-order chi connectivity index (χ1) is 5.91. The Morgan fingerprint density at radius 2 is 1.79 bits per heavy atom. The van der Waals surface area contributed by atoms with E-state index in [1.165, 1.54) is 0 Å². The molecule has 0 aromatic heterocycles. The molecule has 0 saturated heterocycles. The van der Waals surface area contributed by atoms with E-state index < -0.39 is 36.2 Å². The number of nitrogens with one attached hydrogen (secondary N) is 1. The van der Waals surface area contributed by atoms with Crippen molar-refractivity contribution in [3.63, 3.8) is 0 Å². The Hall–Kier alpha value is -0.180. The quantitative estimate of drug-likeness (QED) is 0.581. The maximum atomic E-state index is 11.8. The molecule has 0 saturated carbocycles. The van der Waals surface area contributed by atoms with Crippen molar-refractivity contribution in [3.05, 3.63) is 0 Å². The van der Waals surface area contributed by atoms with E-state index in [2.05, 4.69) is 0 Å². The largest absolute Gasteiger partial charge is 0.453 e. The van der Waals surface area contributed by atoms with Crippen molar-refractivity contribution in [1.29, 1.82) is 0 Å². The molecule has 0 spiro atoms. The second kappa shape index (κ2) is 4.13. The van der Waals surface area contributed by atoms with Crippen molar-refractivity contribution in [2.24, 2.45) is 0 Å². The number of hydrogen-bond acceptors (Lipinski definition) is 3. The third-order valence-corrected chi connectivity index (χ3v) is 3.66. The summed E-state index contributed by atoms with van der Waals surface area (Å²) in [6.07, 6.45) is -6.45. The maximum Gasteiger partial charge on any atom is 0.453 e. The SMILES string of the molecule is O=P(O)(F)NS(=O)(=O)CCC(F)(F)F. The molecule has 0 rings (SSSR count). The number of rotatable bonds is 4. The summed E-state index contributed by atoms with van der Waals surface area (Å²) in [5.74, 6) is -1.50. The minimum atomic E-state index is -5.57. The van der Waals surface area contributed by atoms with Gasteiger partial charge in [-0.3, -0.25) is 0 Å². The zero-order chi connectivity index (χ0) is 11.6. The van der Waals surface area contributed by atoms with Crippen LogP contribution in [0.1, 0.15) is 6.42 Å². The Morgan fingerprint density at radius 1 is 1.36 bits per heavy atom. The van der Waals surface area contributed by atoms with Gasteiger partial charge in [0, 0.05) is 0 Å². The van der Waals surface area contributed by atoms with Crippen LogP contribution >= 0.6 is 7.83 Å². The van der Waals surface area contributed by atoms with Crippen molar-refractivity contribution < 1.29 is 35.2 Å². The van der Waals surface area contributed by atoms with Crippen molar-refractivity contribution in [2.75, 3.05) is 5.75 Å². The van der Waals surface area contributed by atoms with Gasteiger partial charge in [-0.25, -0.2) is 13.0 Å². The Morgan fingerprint density at radius 3 is 2.07 bits per heavy atom. The Labute approximate surface area is 76.8 Å². The van der Waals surface area contributed by atoms with Gasteiger partial charge >= 0.3 is 14.0 Å². The van der Waals surface area contributed by atoms with Gasteiger partial charge in [0.1, 0.15) is 0 Å². The first-order valence-electron chi connectivity index (χ1n) is 3.02. The number of sulfonamides is 1. The number of halogens is 4. The summed E-state index contributed by atoms with van der Waals surface area (Å²) in [5, 5.41) is 0. The molecule has 5 nitrogen and oxygen atoms in total. The van der Waals surface area contributed by atoms with Crippen LogP contribution in [0.2, 0.25) is 0 Å². The highest BCUT2D eigenvalue weighted by Gasteiger charge is 2.32. The molecule has 0 amide bonds. The lowest BCUT2D eigenvalue weighted by molar-refractivity contribution is -0.129. The molecular weight excluding hydrogens is 253 g/mol. The molecule has 1 atom stereocenters. The molecule has 0 aromatic carbocycles. The van der Waals surface area contributed by atoms with E-state index in [-0.39, 0.29) is 0 Å². The first-order valence-corrected chi connectivity index (χ1v) is 6.22. The van der Waals surface area contributed by atoms with Crippen LogP contribution < -0.4 is 4.49 Å². The van der Waals surface area contributed by atoms with E-state index in [1.54, 1.807) is 0 Å². The summed E-state index contributed by atoms with van der Waals surface area (Å²) >= 11 is 0. The highest BCUT2D eigenvalue weighted by atomic mass is 32.2. The van der Waals surface area contributed by atoms with Crippen LogP contribution in [0, 0.1) is 0 Å². The monoisotopic (exact) mass is 259 g/mol. The molecule has 0 aliphatic heterocycles. The van der Waals surface area contributed by atoms with E-state index in [1.807, 2.05) is 0 Å². The second-order valence-corrected chi connectivity index (χ2v) is 5.65. The van der Waals surface area contributed by atoms with Crippen LogP contribution in [-0.2, 0) is 14.6 Å². The van der Waals surface area contributed by atoms with E-state index in [0.29, 0.717) is 4.49 Å². The van der Waals surface area contributed by atoms with Gasteiger partial charge in [-0.2, -0.15) is 13.2 Å². The fourth-order valence-electron chi connectivity index (χ4n) is 0.467. The van der Waals surface area contributed by atoms with Gasteiger partial charge in [-0.15, -0.1) is 8.69 Å². The fraction of sp³-hybridized carbons (Fsp3) is 1.00. The summed E-state index contributed by atoms with van der Waals surface area (Å²) in [5.41, 5.74) is 0. The molecule has 2 N–H and O–H groups in total. The smallest absolute Gasteiger partial charge is 0.309 e. The molecule has 11 heteroatoms. The van der Waals surface area contributed by atoms with Crippen molar-refractivity contribution in [3.8, 4) is 0 Å². The van der Waals surface area contributed by atoms with Crippen molar-refractivity contribution in [1.82, 2.24) is 4.49 Å². The Bertz CT molecular complexity index is 331. The highest BCUT2D eigenvalue weighted by Crippen LogP contribution is 2.37. The number of hydrogen-bond donors (Lipinski definition) is 2. The maximum absolute atomic E-state index is 11.8. The van der Waals surface area contributed by atoms with Gasteiger partial charge in [0.25, 0.3) is 0 Å². The Balaban J connectivity index is 4.32. The van der Waals surface area contributed by atoms with Crippen LogP contribution in [0.5, 0.6) is 0 Å². The predicted octanol–water partition coefficient (Wildman–Crippen LogP) is 0.928. The van der Waals surface area contributed by atoms with E-state index in [9.17, 15) is 30.4 Å². The third-order valence-electron chi connectivity index (χ3n) is 0.906. The highest BCUT2D eigenvalue weighted by molar-refractivity contribution is 7.94. The average molecular weight is 259 g/mol. The molecule has 0 bridgehead atoms. The minimum absolute atomic E-state index is 0.585. The normalized spacial score (nSPS) is 17.8. The zero-order valence-electron chi connectivity index (χ0n) is 6.45. The lowest BCUT2D eigenvalue weighted by Crippen LogP contribution is -2.25. The summed E-state index contributed by atoms with van der Waals surface area (Å²) in [6.45, 7) is 0. The lowest BCUT2D eigenvalue weighted by Gasteiger charge is -2.07. The molecule has 14 heavy (non-hydrogen) atoms. The summed E-state index contributed by atoms with van der Waals surface area (Å²) in [6, 6.07) is 0. The standard InChI is InChI=1S/C3H6F4NO4PS/c4-3(5,6)1-2-14(11,12)8-13(7,9)10/h1-2H2,(H2,8,9,10). The van der Waals surface area contributed by atoms with Gasteiger partial charge in [0.05, 0.1) is 12.2 Å². The molecule has 0 fully saturated rings. The molecule has 86 valence electrons. The summed E-state index contributed by atoms with van der Waals surface area (Å²) < 4.78 is 77.8. The van der Waals surface area contributed by atoms with Gasteiger partial charge < -0.3 is 4.89 Å². The summed E-state index contributed by atoms with van der Waals surface area (Å²) in [7, 11) is -10.3. The molecule has 0 aromatic rings. The molecule has 0 heterocycles.